The third kappa shape index (κ3) is 3.84. The van der Waals surface area contributed by atoms with E-state index in [1.165, 1.54) is 31.5 Å². The number of anilines is 1. The molecular weight excluding hydrogens is 406 g/mol. The van der Waals surface area contributed by atoms with E-state index >= 15 is 0 Å². The predicted octanol–water partition coefficient (Wildman–Crippen LogP) is 4.07. The minimum absolute atomic E-state index is 0.119. The topological polar surface area (TPSA) is 79.4 Å². The summed E-state index contributed by atoms with van der Waals surface area (Å²) in [4.78, 5) is 17.2. The molecule has 0 radical (unpaired) electrons. The van der Waals surface area contributed by atoms with Gasteiger partial charge in [0, 0.05) is 24.7 Å². The second-order valence-electron chi connectivity index (χ2n) is 6.29. The summed E-state index contributed by atoms with van der Waals surface area (Å²) in [6, 6.07) is 8.36. The molecule has 1 aromatic heterocycles. The number of aryl methyl sites for hydroxylation is 1. The number of halogens is 1. The first kappa shape index (κ1) is 19.8. The average Bonchev–Trinajstić information content (AvgIpc) is 2.97. The third-order valence-electron chi connectivity index (χ3n) is 4.21. The number of fused-ring (bicyclic) bond motifs is 1. The van der Waals surface area contributed by atoms with E-state index in [9.17, 15) is 13.2 Å². The number of sulfonamides is 1. The number of nitrogens with one attached hydrogen (secondary N) is 1. The van der Waals surface area contributed by atoms with Gasteiger partial charge >= 0.3 is 0 Å². The Morgan fingerprint density at radius 1 is 1.19 bits per heavy atom. The van der Waals surface area contributed by atoms with Gasteiger partial charge in [-0.1, -0.05) is 22.9 Å². The highest BCUT2D eigenvalue weighted by molar-refractivity contribution is 7.89. The number of amides is 1. The van der Waals surface area contributed by atoms with Crippen LogP contribution in [0.5, 0.6) is 0 Å². The zero-order chi connectivity index (χ0) is 19.9. The Hall–Kier alpha value is -2.00. The zero-order valence-corrected chi connectivity index (χ0v) is 17.6. The molecule has 1 heterocycles. The summed E-state index contributed by atoms with van der Waals surface area (Å²) in [6.45, 7) is 3.51. The maximum Gasteiger partial charge on any atom is 0.257 e. The maximum atomic E-state index is 12.7. The Kier molecular flexibility index (Phi) is 5.27. The normalized spacial score (nSPS) is 11.9. The summed E-state index contributed by atoms with van der Waals surface area (Å²) in [7, 11) is -0.736. The number of benzene rings is 2. The fraction of sp³-hybridized carbons (Fsp3) is 0.222. The molecule has 0 saturated heterocycles. The van der Waals surface area contributed by atoms with Crippen molar-refractivity contribution in [1.29, 1.82) is 0 Å². The van der Waals surface area contributed by atoms with Crippen LogP contribution in [0, 0.1) is 13.8 Å². The van der Waals surface area contributed by atoms with Crippen LogP contribution >= 0.6 is 22.9 Å². The summed E-state index contributed by atoms with van der Waals surface area (Å²) in [6.07, 6.45) is 0. The summed E-state index contributed by atoms with van der Waals surface area (Å²) >= 11 is 7.28. The van der Waals surface area contributed by atoms with Gasteiger partial charge in [-0.05, 0) is 55.3 Å². The van der Waals surface area contributed by atoms with Crippen LogP contribution in [0.4, 0.5) is 5.13 Å². The third-order valence-corrected chi connectivity index (χ3v) is 7.32. The lowest BCUT2D eigenvalue weighted by Crippen LogP contribution is -2.24. The van der Waals surface area contributed by atoms with Crippen molar-refractivity contribution in [3.05, 3.63) is 52.0 Å². The molecule has 0 fully saturated rings. The minimum Gasteiger partial charge on any atom is -0.298 e. The van der Waals surface area contributed by atoms with Crippen LogP contribution in [-0.2, 0) is 10.0 Å². The molecule has 0 aliphatic rings. The summed E-state index contributed by atoms with van der Waals surface area (Å²) in [5.74, 6) is -0.418. The van der Waals surface area contributed by atoms with Crippen molar-refractivity contribution in [2.75, 3.05) is 19.4 Å². The molecule has 0 spiro atoms. The van der Waals surface area contributed by atoms with E-state index in [0.717, 1.165) is 20.1 Å². The monoisotopic (exact) mass is 423 g/mol. The molecule has 27 heavy (non-hydrogen) atoms. The Morgan fingerprint density at radius 3 is 2.56 bits per heavy atom. The van der Waals surface area contributed by atoms with Crippen molar-refractivity contribution in [3.8, 4) is 0 Å². The van der Waals surface area contributed by atoms with Gasteiger partial charge in [-0.25, -0.2) is 17.7 Å². The van der Waals surface area contributed by atoms with Gasteiger partial charge in [-0.2, -0.15) is 0 Å². The van der Waals surface area contributed by atoms with Gasteiger partial charge in [0.05, 0.1) is 15.1 Å². The Bertz CT molecular complexity index is 1150. The fourth-order valence-corrected chi connectivity index (χ4v) is 4.90. The van der Waals surface area contributed by atoms with Crippen LogP contribution in [0.25, 0.3) is 10.2 Å². The lowest BCUT2D eigenvalue weighted by Gasteiger charge is -2.16. The van der Waals surface area contributed by atoms with Gasteiger partial charge in [0.1, 0.15) is 0 Å². The Morgan fingerprint density at radius 2 is 1.89 bits per heavy atom. The second kappa shape index (κ2) is 7.20. The second-order valence-corrected chi connectivity index (χ2v) is 9.88. The van der Waals surface area contributed by atoms with E-state index in [2.05, 4.69) is 10.3 Å². The first-order valence-electron chi connectivity index (χ1n) is 8.01. The van der Waals surface area contributed by atoms with E-state index in [-0.39, 0.29) is 10.5 Å². The van der Waals surface area contributed by atoms with E-state index < -0.39 is 15.9 Å². The van der Waals surface area contributed by atoms with Gasteiger partial charge in [0.25, 0.3) is 5.91 Å². The van der Waals surface area contributed by atoms with Crippen LogP contribution in [0.15, 0.2) is 35.2 Å². The predicted molar refractivity (Wildman–Crippen MR) is 109 cm³/mol. The van der Waals surface area contributed by atoms with Crippen LogP contribution in [0.2, 0.25) is 5.02 Å². The Balaban J connectivity index is 1.97. The smallest absolute Gasteiger partial charge is 0.257 e. The number of rotatable bonds is 4. The standard InChI is InChI=1S/C18H18ClN3O3S2/c1-10-7-12(8-16(11(10)2)27(24,25)22(3)4)17(23)21-18-20-14-6-5-13(19)9-15(14)26-18/h5-9H,1-4H3,(H,20,21,23). The molecular formula is C18H18ClN3O3S2. The highest BCUT2D eigenvalue weighted by Gasteiger charge is 2.23. The van der Waals surface area contributed by atoms with Crippen molar-refractivity contribution < 1.29 is 13.2 Å². The van der Waals surface area contributed by atoms with Gasteiger partial charge in [0.2, 0.25) is 10.0 Å². The number of thiazole rings is 1. The summed E-state index contributed by atoms with van der Waals surface area (Å²) in [5, 5.41) is 3.76. The molecule has 3 aromatic rings. The van der Waals surface area contributed by atoms with E-state index in [4.69, 9.17) is 11.6 Å². The van der Waals surface area contributed by atoms with Crippen LogP contribution in [0.3, 0.4) is 0 Å². The lowest BCUT2D eigenvalue weighted by molar-refractivity contribution is 0.102. The zero-order valence-electron chi connectivity index (χ0n) is 15.2. The van der Waals surface area contributed by atoms with Crippen LogP contribution in [-0.4, -0.2) is 37.7 Å². The maximum absolute atomic E-state index is 12.7. The highest BCUT2D eigenvalue weighted by atomic mass is 35.5. The number of carbonyl (C=O) groups excluding carboxylic acids is 1. The molecule has 0 bridgehead atoms. The molecule has 9 heteroatoms. The molecule has 142 valence electrons. The number of aromatic nitrogens is 1. The number of hydrogen-bond acceptors (Lipinski definition) is 5. The summed E-state index contributed by atoms with van der Waals surface area (Å²) in [5.41, 5.74) is 2.33. The first-order chi connectivity index (χ1) is 12.6. The minimum atomic E-state index is -3.66. The van der Waals surface area contributed by atoms with E-state index in [0.29, 0.717) is 15.7 Å². The van der Waals surface area contributed by atoms with Crippen LogP contribution in [0.1, 0.15) is 21.5 Å². The van der Waals surface area contributed by atoms with Crippen molar-refractivity contribution >= 4 is 54.2 Å². The molecule has 0 atom stereocenters. The van der Waals surface area contributed by atoms with E-state index in [1.807, 2.05) is 0 Å². The van der Waals surface area contributed by atoms with Crippen molar-refractivity contribution in [2.45, 2.75) is 18.7 Å². The molecule has 6 nitrogen and oxygen atoms in total. The largest absolute Gasteiger partial charge is 0.298 e. The van der Waals surface area contributed by atoms with Crippen LogP contribution < -0.4 is 5.32 Å². The molecule has 0 saturated carbocycles. The molecule has 3 rings (SSSR count). The van der Waals surface area contributed by atoms with Gasteiger partial charge < -0.3 is 0 Å². The number of nitrogens with zero attached hydrogens (tertiary/aromatic N) is 2. The highest BCUT2D eigenvalue weighted by Crippen LogP contribution is 2.29. The van der Waals surface area contributed by atoms with E-state index in [1.54, 1.807) is 38.1 Å². The molecule has 2 aromatic carbocycles. The molecule has 0 aliphatic carbocycles. The fourth-order valence-electron chi connectivity index (χ4n) is 2.54. The molecule has 1 amide bonds. The quantitative estimate of drug-likeness (QED) is 0.686. The Labute approximate surface area is 166 Å². The SMILES string of the molecule is Cc1cc(C(=O)Nc2nc3ccc(Cl)cc3s2)cc(S(=O)(=O)N(C)C)c1C. The molecule has 0 aliphatic heterocycles. The van der Waals surface area contributed by atoms with Gasteiger partial charge in [-0.15, -0.1) is 0 Å². The molecule has 1 N–H and O–H groups in total. The molecule has 0 unspecified atom stereocenters. The van der Waals surface area contributed by atoms with Crippen molar-refractivity contribution in [3.63, 3.8) is 0 Å². The van der Waals surface area contributed by atoms with Crippen molar-refractivity contribution in [2.24, 2.45) is 0 Å². The average molecular weight is 424 g/mol. The van der Waals surface area contributed by atoms with Gasteiger partial charge in [-0.3, -0.25) is 10.1 Å². The number of hydrogen-bond donors (Lipinski definition) is 1. The summed E-state index contributed by atoms with van der Waals surface area (Å²) < 4.78 is 27.1. The lowest BCUT2D eigenvalue weighted by atomic mass is 10.1. The number of carbonyl (C=O) groups is 1. The van der Waals surface area contributed by atoms with Crippen molar-refractivity contribution in [1.82, 2.24) is 9.29 Å². The van der Waals surface area contributed by atoms with Gasteiger partial charge in [0.15, 0.2) is 5.13 Å². The first-order valence-corrected chi connectivity index (χ1v) is 10.6.